The first kappa shape index (κ1) is 35.2. The summed E-state index contributed by atoms with van der Waals surface area (Å²) in [5.74, 6) is -0.728. The molecular weight excluding hydrogens is 642 g/mol. The molecule has 48 heavy (non-hydrogen) atoms. The zero-order chi connectivity index (χ0) is 34.3. The number of aryl methyl sites for hydroxylation is 3. The molecular formula is C39H44ClN3O4S. The van der Waals surface area contributed by atoms with E-state index in [2.05, 4.69) is 5.32 Å². The number of halogens is 1. The third-order valence-electron chi connectivity index (χ3n) is 9.01. The topological polar surface area (TPSA) is 86.8 Å². The van der Waals surface area contributed by atoms with Gasteiger partial charge in [0.1, 0.15) is 12.6 Å². The molecule has 1 N–H and O–H groups in total. The molecule has 0 radical (unpaired) electrons. The maximum atomic E-state index is 14.8. The first-order chi connectivity index (χ1) is 23.0. The van der Waals surface area contributed by atoms with E-state index >= 15 is 0 Å². The second-order valence-corrected chi connectivity index (χ2v) is 15.1. The molecule has 1 aliphatic carbocycles. The molecule has 9 heteroatoms. The smallest absolute Gasteiger partial charge is 0.264 e. The first-order valence-electron chi connectivity index (χ1n) is 16.6. The Balaban J connectivity index is 1.58. The lowest BCUT2D eigenvalue weighted by atomic mass is 9.94. The van der Waals surface area contributed by atoms with Gasteiger partial charge in [0, 0.05) is 24.0 Å². The van der Waals surface area contributed by atoms with Crippen LogP contribution in [-0.4, -0.2) is 43.8 Å². The van der Waals surface area contributed by atoms with E-state index in [-0.39, 0.29) is 29.8 Å². The Kier molecular flexibility index (Phi) is 11.6. The van der Waals surface area contributed by atoms with Crippen LogP contribution in [0, 0.1) is 20.8 Å². The third kappa shape index (κ3) is 8.85. The van der Waals surface area contributed by atoms with Crippen molar-refractivity contribution >= 4 is 39.1 Å². The second kappa shape index (κ2) is 15.8. The van der Waals surface area contributed by atoms with E-state index in [1.54, 1.807) is 42.5 Å². The van der Waals surface area contributed by atoms with Crippen molar-refractivity contribution in [3.05, 3.63) is 130 Å². The van der Waals surface area contributed by atoms with Crippen LogP contribution in [0.25, 0.3) is 0 Å². The summed E-state index contributed by atoms with van der Waals surface area (Å²) < 4.78 is 30.0. The van der Waals surface area contributed by atoms with Crippen LogP contribution < -0.4 is 9.62 Å². The molecule has 1 unspecified atom stereocenters. The average Bonchev–Trinajstić information content (AvgIpc) is 3.08. The number of benzene rings is 4. The normalized spacial score (nSPS) is 14.2. The van der Waals surface area contributed by atoms with Crippen molar-refractivity contribution in [1.82, 2.24) is 10.2 Å². The summed E-state index contributed by atoms with van der Waals surface area (Å²) in [5.41, 5.74) is 4.58. The van der Waals surface area contributed by atoms with Crippen LogP contribution in [-0.2, 0) is 32.6 Å². The molecule has 0 heterocycles. The van der Waals surface area contributed by atoms with Gasteiger partial charge >= 0.3 is 0 Å². The maximum absolute atomic E-state index is 14.8. The minimum atomic E-state index is -4.18. The maximum Gasteiger partial charge on any atom is 0.264 e. The van der Waals surface area contributed by atoms with E-state index < -0.39 is 28.5 Å². The van der Waals surface area contributed by atoms with Crippen molar-refractivity contribution in [3.63, 3.8) is 0 Å². The van der Waals surface area contributed by atoms with E-state index in [0.717, 1.165) is 54.4 Å². The van der Waals surface area contributed by atoms with E-state index in [4.69, 9.17) is 11.6 Å². The monoisotopic (exact) mass is 685 g/mol. The Morgan fingerprint density at radius 2 is 1.46 bits per heavy atom. The van der Waals surface area contributed by atoms with E-state index in [1.807, 2.05) is 75.4 Å². The van der Waals surface area contributed by atoms with Crippen molar-refractivity contribution in [2.45, 2.75) is 82.8 Å². The molecule has 1 atom stereocenters. The SMILES string of the molecule is Cc1ccc(S(=O)(=O)N(CC(=O)N(Cc2ccc(Cl)cc2)C(Cc2ccccc2)C(=O)NC2CCCCC2)c2cc(C)ccc2C)cc1. The number of sulfonamides is 1. The van der Waals surface area contributed by atoms with Crippen molar-refractivity contribution in [2.75, 3.05) is 10.8 Å². The van der Waals surface area contributed by atoms with Crippen molar-refractivity contribution in [1.29, 1.82) is 0 Å². The summed E-state index contributed by atoms with van der Waals surface area (Å²) in [5, 5.41) is 3.80. The largest absolute Gasteiger partial charge is 0.352 e. The Hall–Kier alpha value is -4.14. The molecule has 4 aromatic rings. The number of nitrogens with one attached hydrogen (secondary N) is 1. The van der Waals surface area contributed by atoms with Crippen LogP contribution in [0.2, 0.25) is 5.02 Å². The average molecular weight is 686 g/mol. The summed E-state index contributed by atoms with van der Waals surface area (Å²) in [6, 6.07) is 28.1. The summed E-state index contributed by atoms with van der Waals surface area (Å²) in [7, 11) is -4.18. The highest BCUT2D eigenvalue weighted by Crippen LogP contribution is 2.29. The molecule has 252 valence electrons. The number of anilines is 1. The highest BCUT2D eigenvalue weighted by Gasteiger charge is 2.36. The Morgan fingerprint density at radius 3 is 2.12 bits per heavy atom. The quantitative estimate of drug-likeness (QED) is 0.167. The van der Waals surface area contributed by atoms with Gasteiger partial charge in [-0.15, -0.1) is 0 Å². The Labute approximate surface area is 290 Å². The van der Waals surface area contributed by atoms with Crippen LogP contribution in [0.4, 0.5) is 5.69 Å². The fraction of sp³-hybridized carbons (Fsp3) is 0.333. The molecule has 7 nitrogen and oxygen atoms in total. The summed E-state index contributed by atoms with van der Waals surface area (Å²) in [6.07, 6.45) is 5.29. The lowest BCUT2D eigenvalue weighted by Gasteiger charge is -2.35. The summed E-state index contributed by atoms with van der Waals surface area (Å²) in [6.45, 7) is 5.22. The fourth-order valence-corrected chi connectivity index (χ4v) is 7.82. The molecule has 0 saturated heterocycles. The van der Waals surface area contributed by atoms with Gasteiger partial charge < -0.3 is 10.2 Å². The number of hydrogen-bond acceptors (Lipinski definition) is 4. The van der Waals surface area contributed by atoms with Gasteiger partial charge in [0.05, 0.1) is 10.6 Å². The standard InChI is InChI=1S/C39H44ClN3O4S/c1-28-15-22-35(23-16-28)48(46,47)43(36-24-29(2)14-17-30(36)3)27-38(44)42(26-32-18-20-33(40)21-19-32)37(25-31-10-6-4-7-11-31)39(45)41-34-12-8-5-9-13-34/h4,6-7,10-11,14-24,34,37H,5,8-9,12-13,25-27H2,1-3H3,(H,41,45). The highest BCUT2D eigenvalue weighted by atomic mass is 35.5. The molecule has 5 rings (SSSR count). The van der Waals surface area contributed by atoms with Gasteiger partial charge in [-0.05, 0) is 86.2 Å². The van der Waals surface area contributed by atoms with Gasteiger partial charge in [-0.25, -0.2) is 8.42 Å². The van der Waals surface area contributed by atoms with Crippen molar-refractivity contribution < 1.29 is 18.0 Å². The summed E-state index contributed by atoms with van der Waals surface area (Å²) >= 11 is 6.20. The number of rotatable bonds is 12. The van der Waals surface area contributed by atoms with Gasteiger partial charge in [-0.1, -0.05) is 103 Å². The van der Waals surface area contributed by atoms with E-state index in [1.165, 1.54) is 9.21 Å². The fourth-order valence-electron chi connectivity index (χ4n) is 6.22. The predicted molar refractivity (Wildman–Crippen MR) is 193 cm³/mol. The molecule has 0 spiro atoms. The van der Waals surface area contributed by atoms with Gasteiger partial charge in [-0.2, -0.15) is 0 Å². The van der Waals surface area contributed by atoms with Crippen LogP contribution in [0.5, 0.6) is 0 Å². The number of hydrogen-bond donors (Lipinski definition) is 1. The number of carbonyl (C=O) groups is 2. The molecule has 0 bridgehead atoms. The molecule has 2 amide bonds. The zero-order valence-corrected chi connectivity index (χ0v) is 29.4. The van der Waals surface area contributed by atoms with E-state index in [0.29, 0.717) is 16.3 Å². The summed E-state index contributed by atoms with van der Waals surface area (Å²) in [4.78, 5) is 30.6. The van der Waals surface area contributed by atoms with Crippen molar-refractivity contribution in [2.24, 2.45) is 0 Å². The zero-order valence-electron chi connectivity index (χ0n) is 27.9. The van der Waals surface area contributed by atoms with Gasteiger partial charge in [0.2, 0.25) is 11.8 Å². The number of carbonyl (C=O) groups excluding carboxylic acids is 2. The van der Waals surface area contributed by atoms with Crippen LogP contribution in [0.1, 0.15) is 59.9 Å². The lowest BCUT2D eigenvalue weighted by molar-refractivity contribution is -0.140. The first-order valence-corrected chi connectivity index (χ1v) is 18.4. The van der Waals surface area contributed by atoms with Gasteiger partial charge in [-0.3, -0.25) is 13.9 Å². The molecule has 1 fully saturated rings. The third-order valence-corrected chi connectivity index (χ3v) is 11.0. The second-order valence-electron chi connectivity index (χ2n) is 12.8. The number of nitrogens with zero attached hydrogens (tertiary/aromatic N) is 2. The molecule has 0 aliphatic heterocycles. The Bertz CT molecular complexity index is 1810. The van der Waals surface area contributed by atoms with Crippen LogP contribution >= 0.6 is 11.6 Å². The highest BCUT2D eigenvalue weighted by molar-refractivity contribution is 7.92. The van der Waals surface area contributed by atoms with Gasteiger partial charge in [0.15, 0.2) is 0 Å². The number of amides is 2. The molecule has 1 aliphatic rings. The minimum Gasteiger partial charge on any atom is -0.352 e. The predicted octanol–water partition coefficient (Wildman–Crippen LogP) is 7.55. The van der Waals surface area contributed by atoms with Crippen LogP contribution in [0.3, 0.4) is 0 Å². The molecule has 1 saturated carbocycles. The lowest BCUT2D eigenvalue weighted by Crippen LogP contribution is -2.55. The van der Waals surface area contributed by atoms with Crippen LogP contribution in [0.15, 0.2) is 102 Å². The Morgan fingerprint density at radius 1 is 0.812 bits per heavy atom. The van der Waals surface area contributed by atoms with E-state index in [9.17, 15) is 18.0 Å². The molecule has 0 aromatic heterocycles. The molecule has 4 aromatic carbocycles. The van der Waals surface area contributed by atoms with Gasteiger partial charge in [0.25, 0.3) is 10.0 Å². The van der Waals surface area contributed by atoms with Crippen molar-refractivity contribution in [3.8, 4) is 0 Å². The minimum absolute atomic E-state index is 0.0327.